The van der Waals surface area contributed by atoms with Crippen molar-refractivity contribution >= 4 is 22.6 Å². The van der Waals surface area contributed by atoms with Gasteiger partial charge in [-0.25, -0.2) is 13.2 Å². The molecule has 0 aliphatic rings. The Bertz CT molecular complexity index is 185. The maximum absolute atomic E-state index is 12.3. The average Bonchev–Trinajstić information content (AvgIpc) is 2.03. The molecule has 1 atom stereocenters. The third kappa shape index (κ3) is 3.41. The van der Waals surface area contributed by atoms with Crippen molar-refractivity contribution in [1.82, 2.24) is 0 Å². The molecule has 0 saturated heterocycles. The zero-order valence-corrected chi connectivity index (χ0v) is 8.45. The quantitative estimate of drug-likeness (QED) is 0.424. The molecule has 0 radical (unpaired) electrons. The van der Waals surface area contributed by atoms with E-state index in [1.165, 1.54) is 0 Å². The first kappa shape index (κ1) is 14.2. The molecule has 1 unspecified atom stereocenters. The summed E-state index contributed by atoms with van der Waals surface area (Å²) >= 11 is 0.900. The van der Waals surface area contributed by atoms with Crippen LogP contribution in [0, 0.1) is 0 Å². The van der Waals surface area contributed by atoms with Crippen molar-refractivity contribution in [2.75, 3.05) is 4.43 Å². The predicted octanol–water partition coefficient (Wildman–Crippen LogP) is 3.23. The molecule has 0 aromatic heterocycles. The Kier molecular flexibility index (Phi) is 4.88. The second-order valence-corrected chi connectivity index (χ2v) is 2.92. The van der Waals surface area contributed by atoms with Crippen LogP contribution in [-0.2, 0) is 4.74 Å². The normalized spacial score (nSPS) is 16.1. The highest BCUT2D eigenvalue weighted by Crippen LogP contribution is 2.38. The van der Waals surface area contributed by atoms with Gasteiger partial charge in [-0.3, -0.25) is 4.74 Å². The molecule has 0 amide bonds. The Morgan fingerprint density at radius 1 is 1.07 bits per heavy atom. The van der Waals surface area contributed by atoms with E-state index in [9.17, 15) is 30.7 Å². The first-order valence-electron chi connectivity index (χ1n) is 3.05. The molecule has 0 heterocycles. The number of hydrogen-bond donors (Lipinski definition) is 0. The molecule has 86 valence electrons. The van der Waals surface area contributed by atoms with E-state index in [4.69, 9.17) is 0 Å². The summed E-state index contributed by atoms with van der Waals surface area (Å²) in [5.74, 6) is -4.69. The van der Waals surface area contributed by atoms with E-state index in [1.807, 2.05) is 0 Å². The Morgan fingerprint density at radius 3 is 1.79 bits per heavy atom. The predicted molar refractivity (Wildman–Crippen MR) is 40.8 cm³/mol. The highest BCUT2D eigenvalue weighted by atomic mass is 127. The zero-order chi connectivity index (χ0) is 11.6. The minimum atomic E-state index is -5.25. The summed E-state index contributed by atoms with van der Waals surface area (Å²) in [4.78, 5) is 0. The molecule has 0 bridgehead atoms. The molecular weight excluding hydrogens is 336 g/mol. The summed E-state index contributed by atoms with van der Waals surface area (Å²) in [7, 11) is 0. The first-order chi connectivity index (χ1) is 6.14. The van der Waals surface area contributed by atoms with Gasteiger partial charge in [-0.15, -0.1) is 0 Å². The fraction of sp³-hybridized carbons (Fsp3) is 1.00. The van der Waals surface area contributed by atoms with Crippen molar-refractivity contribution in [2.45, 2.75) is 24.8 Å². The molecule has 0 rings (SSSR count). The fourth-order valence-electron chi connectivity index (χ4n) is 0.357. The second-order valence-electron chi connectivity index (χ2n) is 2.16. The van der Waals surface area contributed by atoms with E-state index < -0.39 is 29.2 Å². The van der Waals surface area contributed by atoms with Crippen LogP contribution in [0.3, 0.4) is 0 Å². The molecular formula is C5H4F7IO. The first-order valence-corrected chi connectivity index (χ1v) is 4.58. The van der Waals surface area contributed by atoms with Gasteiger partial charge in [-0.05, 0) is 0 Å². The topological polar surface area (TPSA) is 9.23 Å². The van der Waals surface area contributed by atoms with Crippen LogP contribution in [0.25, 0.3) is 0 Å². The van der Waals surface area contributed by atoms with Crippen LogP contribution in [0.5, 0.6) is 0 Å². The van der Waals surface area contributed by atoms with Crippen molar-refractivity contribution in [3.8, 4) is 0 Å². The van der Waals surface area contributed by atoms with Crippen LogP contribution in [0.15, 0.2) is 0 Å². The number of halogens is 8. The largest absolute Gasteiger partial charge is 0.422 e. The number of rotatable bonds is 5. The maximum Gasteiger partial charge on any atom is 0.422 e. The highest BCUT2D eigenvalue weighted by Gasteiger charge is 2.59. The van der Waals surface area contributed by atoms with Crippen molar-refractivity contribution < 1.29 is 35.5 Å². The standard InChI is InChI=1S/C5H4F7IO/c6-2(7)3(8)14-5(11,12)4(9,10)1-13/h2-3H,1H2. The highest BCUT2D eigenvalue weighted by molar-refractivity contribution is 14.1. The van der Waals surface area contributed by atoms with Gasteiger partial charge in [-0.1, -0.05) is 22.6 Å². The molecule has 0 aliphatic carbocycles. The molecule has 0 spiro atoms. The number of hydrogen-bond acceptors (Lipinski definition) is 1. The van der Waals surface area contributed by atoms with E-state index in [2.05, 4.69) is 4.74 Å². The zero-order valence-electron chi connectivity index (χ0n) is 6.29. The van der Waals surface area contributed by atoms with Crippen molar-refractivity contribution in [3.63, 3.8) is 0 Å². The van der Waals surface area contributed by atoms with Crippen LogP contribution in [0.1, 0.15) is 0 Å². The van der Waals surface area contributed by atoms with Gasteiger partial charge in [0.25, 0.3) is 12.8 Å². The molecule has 0 N–H and O–H groups in total. The van der Waals surface area contributed by atoms with E-state index in [0.717, 1.165) is 22.6 Å². The van der Waals surface area contributed by atoms with Crippen molar-refractivity contribution in [1.29, 1.82) is 0 Å². The van der Waals surface area contributed by atoms with Gasteiger partial charge in [0.1, 0.15) is 0 Å². The van der Waals surface area contributed by atoms with E-state index >= 15 is 0 Å². The Hall–Kier alpha value is 0.200. The Morgan fingerprint density at radius 2 is 1.50 bits per heavy atom. The van der Waals surface area contributed by atoms with Crippen LogP contribution in [0.2, 0.25) is 0 Å². The molecule has 0 aromatic rings. The lowest BCUT2D eigenvalue weighted by atomic mass is 10.3. The molecule has 1 nitrogen and oxygen atoms in total. The van der Waals surface area contributed by atoms with Crippen molar-refractivity contribution in [2.24, 2.45) is 0 Å². The minimum Gasteiger partial charge on any atom is -0.275 e. The maximum atomic E-state index is 12.3. The number of alkyl halides is 8. The summed E-state index contributed by atoms with van der Waals surface area (Å²) in [6.07, 6.45) is -12.9. The van der Waals surface area contributed by atoms with E-state index in [0.29, 0.717) is 0 Å². The molecule has 14 heavy (non-hydrogen) atoms. The summed E-state index contributed by atoms with van der Waals surface area (Å²) in [5.41, 5.74) is 0. The minimum absolute atomic E-state index is 0.900. The SMILES string of the molecule is FC(F)C(F)OC(F)(F)C(F)(F)CI. The third-order valence-electron chi connectivity index (χ3n) is 1.05. The third-order valence-corrected chi connectivity index (χ3v) is 2.01. The molecule has 0 aromatic carbocycles. The molecule has 0 aliphatic heterocycles. The second kappa shape index (κ2) is 4.81. The van der Waals surface area contributed by atoms with Gasteiger partial charge in [-0.2, -0.15) is 17.6 Å². The van der Waals surface area contributed by atoms with Crippen LogP contribution < -0.4 is 0 Å². The lowest BCUT2D eigenvalue weighted by Gasteiger charge is -2.25. The smallest absolute Gasteiger partial charge is 0.275 e. The van der Waals surface area contributed by atoms with Crippen LogP contribution >= 0.6 is 22.6 Å². The summed E-state index contributed by atoms with van der Waals surface area (Å²) in [6.45, 7) is 0. The summed E-state index contributed by atoms with van der Waals surface area (Å²) in [6, 6.07) is 0. The average molecular weight is 340 g/mol. The lowest BCUT2D eigenvalue weighted by molar-refractivity contribution is -0.379. The lowest BCUT2D eigenvalue weighted by Crippen LogP contribution is -2.46. The van der Waals surface area contributed by atoms with Crippen LogP contribution in [0.4, 0.5) is 30.7 Å². The van der Waals surface area contributed by atoms with E-state index in [-0.39, 0.29) is 0 Å². The van der Waals surface area contributed by atoms with Gasteiger partial charge in [0.05, 0.1) is 4.43 Å². The monoisotopic (exact) mass is 340 g/mol. The summed E-state index contributed by atoms with van der Waals surface area (Å²) in [5, 5.41) is 0. The molecule has 0 fully saturated rings. The Balaban J connectivity index is 4.48. The van der Waals surface area contributed by atoms with Gasteiger partial charge in [0.15, 0.2) is 0 Å². The Labute approximate surface area is 87.7 Å². The van der Waals surface area contributed by atoms with Gasteiger partial charge >= 0.3 is 12.0 Å². The summed E-state index contributed by atoms with van der Waals surface area (Å²) < 4.78 is 85.0. The van der Waals surface area contributed by atoms with Crippen molar-refractivity contribution in [3.05, 3.63) is 0 Å². The van der Waals surface area contributed by atoms with Gasteiger partial charge in [0, 0.05) is 0 Å². The number of ether oxygens (including phenoxy) is 1. The van der Waals surface area contributed by atoms with Gasteiger partial charge in [0.2, 0.25) is 0 Å². The molecule has 0 saturated carbocycles. The van der Waals surface area contributed by atoms with E-state index in [1.54, 1.807) is 0 Å². The molecule has 9 heteroatoms. The van der Waals surface area contributed by atoms with Gasteiger partial charge < -0.3 is 0 Å². The fourth-order valence-corrected chi connectivity index (χ4v) is 0.801. The van der Waals surface area contributed by atoms with Crippen LogP contribution in [-0.4, -0.2) is 29.2 Å².